The number of aromatic nitrogens is 5. The van der Waals surface area contributed by atoms with E-state index in [9.17, 15) is 4.79 Å². The lowest BCUT2D eigenvalue weighted by atomic mass is 10.1. The molecule has 1 aliphatic heterocycles. The van der Waals surface area contributed by atoms with Crippen LogP contribution in [0.5, 0.6) is 11.5 Å². The molecule has 10 nitrogen and oxygen atoms in total. The number of hydrogen-bond donors (Lipinski definition) is 0. The second kappa shape index (κ2) is 10.3. The molecule has 1 amide bonds. The number of amides is 1. The highest BCUT2D eigenvalue weighted by atomic mass is 16.5. The van der Waals surface area contributed by atoms with Gasteiger partial charge in [-0.25, -0.2) is 9.97 Å². The summed E-state index contributed by atoms with van der Waals surface area (Å²) in [4.78, 5) is 25.7. The van der Waals surface area contributed by atoms with Crippen molar-refractivity contribution in [2.24, 2.45) is 0 Å². The van der Waals surface area contributed by atoms with Crippen LogP contribution in [0.1, 0.15) is 6.92 Å². The fourth-order valence-corrected chi connectivity index (χ4v) is 4.65. The van der Waals surface area contributed by atoms with E-state index in [0.717, 1.165) is 22.2 Å². The molecule has 10 heteroatoms. The number of anilines is 1. The van der Waals surface area contributed by atoms with Crippen molar-refractivity contribution in [3.63, 3.8) is 0 Å². The number of nitrogens with zero attached hydrogens (tertiary/aromatic N) is 7. The molecule has 2 aromatic heterocycles. The SMILES string of the molecule is CCOc1ccc(-n2nnc3c(N4CCN(C(=O)COc5ccc6ccccc6c5)CC4)ncnc32)cc1. The van der Waals surface area contributed by atoms with Crippen LogP contribution in [0.25, 0.3) is 27.6 Å². The second-order valence-corrected chi connectivity index (χ2v) is 8.96. The summed E-state index contributed by atoms with van der Waals surface area (Å²) < 4.78 is 13.0. The van der Waals surface area contributed by atoms with Crippen molar-refractivity contribution in [2.45, 2.75) is 6.92 Å². The van der Waals surface area contributed by atoms with Crippen LogP contribution in [-0.2, 0) is 4.79 Å². The first-order valence-corrected chi connectivity index (χ1v) is 12.6. The Hall–Kier alpha value is -4.73. The smallest absolute Gasteiger partial charge is 0.260 e. The van der Waals surface area contributed by atoms with Gasteiger partial charge in [-0.2, -0.15) is 4.68 Å². The monoisotopic (exact) mass is 509 g/mol. The van der Waals surface area contributed by atoms with Crippen molar-refractivity contribution in [1.82, 2.24) is 29.9 Å². The van der Waals surface area contributed by atoms with Gasteiger partial charge in [0, 0.05) is 26.2 Å². The lowest BCUT2D eigenvalue weighted by molar-refractivity contribution is -0.133. The molecule has 0 radical (unpaired) electrons. The third kappa shape index (κ3) is 4.68. The molecule has 0 spiro atoms. The van der Waals surface area contributed by atoms with E-state index in [1.54, 1.807) is 4.68 Å². The number of benzene rings is 3. The van der Waals surface area contributed by atoms with Crippen molar-refractivity contribution in [1.29, 1.82) is 0 Å². The van der Waals surface area contributed by atoms with E-state index in [4.69, 9.17) is 9.47 Å². The minimum atomic E-state index is -0.0351. The molecule has 192 valence electrons. The average Bonchev–Trinajstić information content (AvgIpc) is 3.41. The molecule has 1 saturated heterocycles. The largest absolute Gasteiger partial charge is 0.494 e. The Morgan fingerprint density at radius 1 is 0.868 bits per heavy atom. The lowest BCUT2D eigenvalue weighted by Crippen LogP contribution is -2.50. The van der Waals surface area contributed by atoms with Crippen LogP contribution < -0.4 is 14.4 Å². The van der Waals surface area contributed by atoms with Gasteiger partial charge in [0.15, 0.2) is 23.6 Å². The summed E-state index contributed by atoms with van der Waals surface area (Å²) in [6.45, 7) is 4.96. The normalized spacial score (nSPS) is 13.7. The molecular formula is C28H27N7O3. The van der Waals surface area contributed by atoms with Gasteiger partial charge in [-0.05, 0) is 54.1 Å². The van der Waals surface area contributed by atoms with Gasteiger partial charge in [-0.3, -0.25) is 4.79 Å². The van der Waals surface area contributed by atoms with Crippen molar-refractivity contribution in [3.05, 3.63) is 73.1 Å². The molecule has 3 aromatic carbocycles. The first-order valence-electron chi connectivity index (χ1n) is 12.6. The van der Waals surface area contributed by atoms with E-state index in [2.05, 4.69) is 31.2 Å². The highest BCUT2D eigenvalue weighted by molar-refractivity contribution is 5.85. The van der Waals surface area contributed by atoms with Gasteiger partial charge in [0.25, 0.3) is 5.91 Å². The van der Waals surface area contributed by atoms with Crippen LogP contribution in [0.3, 0.4) is 0 Å². The number of carbonyl (C=O) groups excluding carboxylic acids is 1. The van der Waals surface area contributed by atoms with Crippen LogP contribution in [0.2, 0.25) is 0 Å². The number of carbonyl (C=O) groups is 1. The van der Waals surface area contributed by atoms with Crippen LogP contribution in [-0.4, -0.2) is 75.2 Å². The molecule has 3 heterocycles. The molecule has 0 unspecified atom stereocenters. The second-order valence-electron chi connectivity index (χ2n) is 8.96. The molecule has 0 aliphatic carbocycles. The number of piperazine rings is 1. The topological polar surface area (TPSA) is 98.5 Å². The Morgan fingerprint density at radius 3 is 2.42 bits per heavy atom. The van der Waals surface area contributed by atoms with E-state index >= 15 is 0 Å². The lowest BCUT2D eigenvalue weighted by Gasteiger charge is -2.35. The van der Waals surface area contributed by atoms with Crippen molar-refractivity contribution in [3.8, 4) is 17.2 Å². The maximum absolute atomic E-state index is 12.8. The van der Waals surface area contributed by atoms with Crippen LogP contribution >= 0.6 is 0 Å². The van der Waals surface area contributed by atoms with Crippen molar-refractivity contribution < 1.29 is 14.3 Å². The quantitative estimate of drug-likeness (QED) is 0.329. The first-order chi connectivity index (χ1) is 18.7. The average molecular weight is 510 g/mol. The molecule has 0 atom stereocenters. The maximum Gasteiger partial charge on any atom is 0.260 e. The summed E-state index contributed by atoms with van der Waals surface area (Å²) in [7, 11) is 0. The van der Waals surface area contributed by atoms with E-state index in [1.807, 2.05) is 72.5 Å². The summed E-state index contributed by atoms with van der Waals surface area (Å²) in [5, 5.41) is 10.9. The van der Waals surface area contributed by atoms with Crippen LogP contribution in [0.4, 0.5) is 5.82 Å². The Bertz CT molecular complexity index is 1580. The zero-order chi connectivity index (χ0) is 25.9. The molecule has 0 bridgehead atoms. The Morgan fingerprint density at radius 2 is 1.63 bits per heavy atom. The van der Waals surface area contributed by atoms with Crippen LogP contribution in [0, 0.1) is 0 Å². The predicted octanol–water partition coefficient (Wildman–Crippen LogP) is 3.49. The molecule has 6 rings (SSSR count). The fourth-order valence-electron chi connectivity index (χ4n) is 4.65. The van der Waals surface area contributed by atoms with Gasteiger partial charge >= 0.3 is 0 Å². The Labute approximate surface area is 219 Å². The standard InChI is InChI=1S/C28H27N7O3/c1-2-37-23-11-8-22(9-12-23)35-28-26(31-32-35)27(29-19-30-28)34-15-13-33(14-16-34)25(36)18-38-24-10-7-20-5-3-4-6-21(20)17-24/h3-12,17,19H,2,13-16,18H2,1H3. The number of fused-ring (bicyclic) bond motifs is 2. The number of rotatable bonds is 7. The molecule has 1 fully saturated rings. The number of ether oxygens (including phenoxy) is 2. The summed E-state index contributed by atoms with van der Waals surface area (Å²) in [5.41, 5.74) is 2.09. The molecule has 0 saturated carbocycles. The van der Waals surface area contributed by atoms with E-state index < -0.39 is 0 Å². The van der Waals surface area contributed by atoms with E-state index in [1.165, 1.54) is 6.33 Å². The minimum Gasteiger partial charge on any atom is -0.494 e. The minimum absolute atomic E-state index is 0.00645. The van der Waals surface area contributed by atoms with Crippen LogP contribution in [0.15, 0.2) is 73.1 Å². The third-order valence-corrected chi connectivity index (χ3v) is 6.63. The molecule has 1 aliphatic rings. The highest BCUT2D eigenvalue weighted by Gasteiger charge is 2.25. The van der Waals surface area contributed by atoms with Gasteiger partial charge in [0.1, 0.15) is 17.8 Å². The Balaban J connectivity index is 1.10. The Kier molecular flexibility index (Phi) is 6.43. The van der Waals surface area contributed by atoms with E-state index in [-0.39, 0.29) is 12.5 Å². The highest BCUT2D eigenvalue weighted by Crippen LogP contribution is 2.25. The van der Waals surface area contributed by atoms with Gasteiger partial charge in [-0.1, -0.05) is 35.5 Å². The summed E-state index contributed by atoms with van der Waals surface area (Å²) >= 11 is 0. The van der Waals surface area contributed by atoms with E-state index in [0.29, 0.717) is 55.5 Å². The van der Waals surface area contributed by atoms with Crippen molar-refractivity contribution in [2.75, 3.05) is 44.3 Å². The summed E-state index contributed by atoms with van der Waals surface area (Å²) in [6.07, 6.45) is 1.53. The van der Waals surface area contributed by atoms with Gasteiger partial charge in [0.2, 0.25) is 0 Å². The van der Waals surface area contributed by atoms with Gasteiger partial charge in [0.05, 0.1) is 12.3 Å². The maximum atomic E-state index is 12.8. The summed E-state index contributed by atoms with van der Waals surface area (Å²) in [6, 6.07) is 21.6. The number of hydrogen-bond acceptors (Lipinski definition) is 8. The fraction of sp³-hybridized carbons (Fsp3) is 0.250. The molecule has 0 N–H and O–H groups in total. The van der Waals surface area contributed by atoms with Gasteiger partial charge in [-0.15, -0.1) is 5.10 Å². The predicted molar refractivity (Wildman–Crippen MR) is 144 cm³/mol. The first kappa shape index (κ1) is 23.7. The third-order valence-electron chi connectivity index (χ3n) is 6.63. The molecular weight excluding hydrogens is 482 g/mol. The van der Waals surface area contributed by atoms with Crippen molar-refractivity contribution >= 4 is 33.7 Å². The zero-order valence-corrected chi connectivity index (χ0v) is 21.0. The zero-order valence-electron chi connectivity index (χ0n) is 21.0. The molecule has 5 aromatic rings. The molecule has 38 heavy (non-hydrogen) atoms. The summed E-state index contributed by atoms with van der Waals surface area (Å²) in [5.74, 6) is 2.17. The van der Waals surface area contributed by atoms with Gasteiger partial charge < -0.3 is 19.3 Å².